The lowest BCUT2D eigenvalue weighted by molar-refractivity contribution is 0.0697. The third-order valence-electron chi connectivity index (χ3n) is 2.32. The SMILES string of the molecule is Cn1cc(CNc2ccc(Cl)c(C(=O)O)c2)nn1. The van der Waals surface area contributed by atoms with E-state index >= 15 is 0 Å². The number of aryl methyl sites for hydroxylation is 1. The second kappa shape index (κ2) is 5.05. The number of aromatic nitrogens is 3. The van der Waals surface area contributed by atoms with Crippen LogP contribution in [0.4, 0.5) is 5.69 Å². The predicted molar refractivity (Wildman–Crippen MR) is 66.7 cm³/mol. The maximum absolute atomic E-state index is 10.9. The first-order chi connectivity index (χ1) is 8.56. The van der Waals surface area contributed by atoms with E-state index in [-0.39, 0.29) is 10.6 Å². The third-order valence-corrected chi connectivity index (χ3v) is 2.65. The molecule has 0 aliphatic carbocycles. The lowest BCUT2D eigenvalue weighted by Gasteiger charge is -2.06. The van der Waals surface area contributed by atoms with E-state index in [0.717, 1.165) is 5.69 Å². The summed E-state index contributed by atoms with van der Waals surface area (Å²) in [6.07, 6.45) is 1.78. The van der Waals surface area contributed by atoms with Gasteiger partial charge in [0.25, 0.3) is 0 Å². The summed E-state index contributed by atoms with van der Waals surface area (Å²) >= 11 is 5.78. The molecule has 0 bridgehead atoms. The Kier molecular flexibility index (Phi) is 3.47. The summed E-state index contributed by atoms with van der Waals surface area (Å²) in [6, 6.07) is 4.75. The number of halogens is 1. The second-order valence-electron chi connectivity index (χ2n) is 3.74. The molecule has 6 nitrogen and oxygen atoms in total. The topological polar surface area (TPSA) is 80.0 Å². The number of aromatic carboxylic acids is 1. The Morgan fingerprint density at radius 3 is 2.94 bits per heavy atom. The number of anilines is 1. The van der Waals surface area contributed by atoms with Crippen molar-refractivity contribution in [3.8, 4) is 0 Å². The van der Waals surface area contributed by atoms with E-state index in [0.29, 0.717) is 12.2 Å². The molecular weight excluding hydrogens is 256 g/mol. The number of rotatable bonds is 4. The van der Waals surface area contributed by atoms with Crippen LogP contribution in [0.3, 0.4) is 0 Å². The van der Waals surface area contributed by atoms with Crippen molar-refractivity contribution in [3.05, 3.63) is 40.7 Å². The fourth-order valence-corrected chi connectivity index (χ4v) is 1.67. The van der Waals surface area contributed by atoms with Gasteiger partial charge < -0.3 is 10.4 Å². The minimum atomic E-state index is -1.05. The van der Waals surface area contributed by atoms with Gasteiger partial charge in [-0.3, -0.25) is 4.68 Å². The standard InChI is InChI=1S/C11H11ClN4O2/c1-16-6-8(14-15-16)5-13-7-2-3-10(12)9(4-7)11(17)18/h2-4,6,13H,5H2,1H3,(H,17,18). The van der Waals surface area contributed by atoms with Crippen molar-refractivity contribution in [2.75, 3.05) is 5.32 Å². The molecule has 18 heavy (non-hydrogen) atoms. The molecule has 1 aromatic heterocycles. The molecule has 94 valence electrons. The van der Waals surface area contributed by atoms with Gasteiger partial charge in [0, 0.05) is 18.9 Å². The fraction of sp³-hybridized carbons (Fsp3) is 0.182. The molecule has 0 aliphatic heterocycles. The number of nitrogens with one attached hydrogen (secondary N) is 1. The van der Waals surface area contributed by atoms with Gasteiger partial charge in [0.2, 0.25) is 0 Å². The molecular formula is C11H11ClN4O2. The Hall–Kier alpha value is -2.08. The summed E-state index contributed by atoms with van der Waals surface area (Å²) in [5, 5.41) is 19.9. The molecule has 7 heteroatoms. The monoisotopic (exact) mass is 266 g/mol. The zero-order chi connectivity index (χ0) is 13.1. The Morgan fingerprint density at radius 1 is 1.56 bits per heavy atom. The van der Waals surface area contributed by atoms with Gasteiger partial charge in [-0.05, 0) is 18.2 Å². The largest absolute Gasteiger partial charge is 0.478 e. The number of carboxylic acids is 1. The average molecular weight is 267 g/mol. The Morgan fingerprint density at radius 2 is 2.33 bits per heavy atom. The molecule has 2 aromatic rings. The quantitative estimate of drug-likeness (QED) is 0.882. The van der Waals surface area contributed by atoms with Gasteiger partial charge in [0.15, 0.2) is 0 Å². The Bertz CT molecular complexity index is 582. The molecule has 0 aliphatic rings. The van der Waals surface area contributed by atoms with Gasteiger partial charge in [-0.1, -0.05) is 16.8 Å². The van der Waals surface area contributed by atoms with Gasteiger partial charge in [-0.25, -0.2) is 4.79 Å². The summed E-state index contributed by atoms with van der Waals surface area (Å²) in [4.78, 5) is 10.9. The van der Waals surface area contributed by atoms with Crippen molar-refractivity contribution in [1.29, 1.82) is 0 Å². The first-order valence-corrected chi connectivity index (χ1v) is 5.56. The highest BCUT2D eigenvalue weighted by Gasteiger charge is 2.09. The zero-order valence-electron chi connectivity index (χ0n) is 9.59. The number of hydrogen-bond acceptors (Lipinski definition) is 4. The maximum Gasteiger partial charge on any atom is 0.337 e. The van der Waals surface area contributed by atoms with E-state index in [1.807, 2.05) is 0 Å². The van der Waals surface area contributed by atoms with Crippen LogP contribution in [0.25, 0.3) is 0 Å². The van der Waals surface area contributed by atoms with Crippen LogP contribution in [0, 0.1) is 0 Å². The first-order valence-electron chi connectivity index (χ1n) is 5.18. The van der Waals surface area contributed by atoms with Crippen LogP contribution in [-0.2, 0) is 13.6 Å². The van der Waals surface area contributed by atoms with E-state index in [1.54, 1.807) is 30.1 Å². The molecule has 1 aromatic carbocycles. The minimum Gasteiger partial charge on any atom is -0.478 e. The van der Waals surface area contributed by atoms with Crippen molar-refractivity contribution in [3.63, 3.8) is 0 Å². The van der Waals surface area contributed by atoms with Crippen LogP contribution < -0.4 is 5.32 Å². The number of benzene rings is 1. The lowest BCUT2D eigenvalue weighted by atomic mass is 10.2. The summed E-state index contributed by atoms with van der Waals surface area (Å²) in [7, 11) is 1.78. The first kappa shape index (κ1) is 12.4. The van der Waals surface area contributed by atoms with Crippen LogP contribution in [0.1, 0.15) is 16.1 Å². The average Bonchev–Trinajstić information content (AvgIpc) is 2.74. The van der Waals surface area contributed by atoms with Crippen molar-refractivity contribution in [2.24, 2.45) is 7.05 Å². The summed E-state index contributed by atoms with van der Waals surface area (Å²) in [6.45, 7) is 0.467. The van der Waals surface area contributed by atoms with Crippen molar-refractivity contribution < 1.29 is 9.90 Å². The number of hydrogen-bond donors (Lipinski definition) is 2. The summed E-state index contributed by atoms with van der Waals surface area (Å²) in [5.41, 5.74) is 1.51. The van der Waals surface area contributed by atoms with Gasteiger partial charge in [0.05, 0.1) is 17.1 Å². The second-order valence-corrected chi connectivity index (χ2v) is 4.14. The van der Waals surface area contributed by atoms with Crippen molar-refractivity contribution in [2.45, 2.75) is 6.54 Å². The van der Waals surface area contributed by atoms with E-state index in [2.05, 4.69) is 15.6 Å². The molecule has 1 heterocycles. The molecule has 0 unspecified atom stereocenters. The molecule has 0 saturated heterocycles. The smallest absolute Gasteiger partial charge is 0.337 e. The van der Waals surface area contributed by atoms with E-state index in [9.17, 15) is 4.79 Å². The Labute approximate surface area is 108 Å². The minimum absolute atomic E-state index is 0.0702. The zero-order valence-corrected chi connectivity index (χ0v) is 10.3. The fourth-order valence-electron chi connectivity index (χ4n) is 1.47. The molecule has 0 amide bonds. The molecule has 2 rings (SSSR count). The molecule has 2 N–H and O–H groups in total. The van der Waals surface area contributed by atoms with Crippen LogP contribution >= 0.6 is 11.6 Å². The van der Waals surface area contributed by atoms with Gasteiger partial charge >= 0.3 is 5.97 Å². The van der Waals surface area contributed by atoms with Gasteiger partial charge in [0.1, 0.15) is 5.69 Å². The molecule has 0 saturated carbocycles. The van der Waals surface area contributed by atoms with Crippen LogP contribution in [0.5, 0.6) is 0 Å². The molecule has 0 atom stereocenters. The molecule has 0 radical (unpaired) electrons. The van der Waals surface area contributed by atoms with Crippen molar-refractivity contribution >= 4 is 23.3 Å². The molecule has 0 spiro atoms. The third kappa shape index (κ3) is 2.78. The summed E-state index contributed by atoms with van der Waals surface area (Å²) < 4.78 is 1.60. The normalized spacial score (nSPS) is 10.3. The van der Waals surface area contributed by atoms with Crippen molar-refractivity contribution in [1.82, 2.24) is 15.0 Å². The maximum atomic E-state index is 10.9. The number of carboxylic acid groups (broad SMARTS) is 1. The number of carbonyl (C=O) groups is 1. The Balaban J connectivity index is 2.10. The van der Waals surface area contributed by atoms with Crippen LogP contribution in [-0.4, -0.2) is 26.1 Å². The molecule has 0 fully saturated rings. The van der Waals surface area contributed by atoms with E-state index in [4.69, 9.17) is 16.7 Å². The summed E-state index contributed by atoms with van der Waals surface area (Å²) in [5.74, 6) is -1.05. The van der Waals surface area contributed by atoms with E-state index < -0.39 is 5.97 Å². The van der Waals surface area contributed by atoms with Gasteiger partial charge in [-0.2, -0.15) is 0 Å². The highest BCUT2D eigenvalue weighted by atomic mass is 35.5. The lowest BCUT2D eigenvalue weighted by Crippen LogP contribution is -2.03. The van der Waals surface area contributed by atoms with Crippen LogP contribution in [0.2, 0.25) is 5.02 Å². The highest BCUT2D eigenvalue weighted by molar-refractivity contribution is 6.33. The predicted octanol–water partition coefficient (Wildman–Crippen LogP) is 1.78. The van der Waals surface area contributed by atoms with Crippen LogP contribution in [0.15, 0.2) is 24.4 Å². The van der Waals surface area contributed by atoms with Gasteiger partial charge in [-0.15, -0.1) is 5.10 Å². The number of nitrogens with zero attached hydrogens (tertiary/aromatic N) is 3. The highest BCUT2D eigenvalue weighted by Crippen LogP contribution is 2.20. The van der Waals surface area contributed by atoms with E-state index in [1.165, 1.54) is 6.07 Å².